The minimum atomic E-state index is -4.16. The number of aliphatic imine (C=N–C) groups is 1. The van der Waals surface area contributed by atoms with E-state index in [2.05, 4.69) is 41.8 Å². The molecule has 0 spiro atoms. The number of aryl methyl sites for hydroxylation is 1. The lowest BCUT2D eigenvalue weighted by atomic mass is 9.89. The summed E-state index contributed by atoms with van der Waals surface area (Å²) < 4.78 is 43.3. The van der Waals surface area contributed by atoms with Gasteiger partial charge in [0.2, 0.25) is 0 Å². The van der Waals surface area contributed by atoms with Gasteiger partial charge in [0.1, 0.15) is 0 Å². The van der Waals surface area contributed by atoms with Gasteiger partial charge in [-0.1, -0.05) is 29.8 Å². The molecule has 1 heterocycles. The lowest BCUT2D eigenvalue weighted by Crippen LogP contribution is -2.40. The van der Waals surface area contributed by atoms with Crippen LogP contribution in [-0.4, -0.2) is 63.4 Å². The molecule has 2 N–H and O–H groups in total. The lowest BCUT2D eigenvalue weighted by molar-refractivity contribution is -0.143. The monoisotopic (exact) mass is 428 g/mol. The summed E-state index contributed by atoms with van der Waals surface area (Å²) in [6.07, 6.45) is -1.42. The first-order chi connectivity index (χ1) is 14.3. The van der Waals surface area contributed by atoms with Crippen molar-refractivity contribution in [1.82, 2.24) is 15.5 Å². The normalized spacial score (nSPS) is 20.4. The van der Waals surface area contributed by atoms with E-state index in [1.165, 1.54) is 23.1 Å². The Labute approximate surface area is 178 Å². The molecule has 1 aliphatic heterocycles. The zero-order valence-corrected chi connectivity index (χ0v) is 18.3. The van der Waals surface area contributed by atoms with Crippen molar-refractivity contribution < 1.29 is 17.9 Å². The van der Waals surface area contributed by atoms with Gasteiger partial charge in [0, 0.05) is 32.2 Å². The smallest absolute Gasteiger partial charge is 0.373 e. The molecule has 1 fully saturated rings. The number of alkyl halides is 3. The summed E-state index contributed by atoms with van der Waals surface area (Å²) in [5, 5.41) is 6.45. The van der Waals surface area contributed by atoms with Crippen molar-refractivity contribution in [3.05, 3.63) is 35.4 Å². The Kier molecular flexibility index (Phi) is 9.91. The van der Waals surface area contributed by atoms with Gasteiger partial charge in [0.25, 0.3) is 0 Å². The molecule has 1 saturated heterocycles. The highest BCUT2D eigenvalue weighted by atomic mass is 19.4. The zero-order chi connectivity index (χ0) is 22.0. The van der Waals surface area contributed by atoms with Gasteiger partial charge in [-0.15, -0.1) is 0 Å². The molecule has 1 aliphatic rings. The second kappa shape index (κ2) is 12.2. The van der Waals surface area contributed by atoms with Gasteiger partial charge in [0.05, 0.1) is 12.6 Å². The van der Waals surface area contributed by atoms with E-state index in [-0.39, 0.29) is 6.10 Å². The van der Waals surface area contributed by atoms with Crippen LogP contribution >= 0.6 is 0 Å². The Balaban J connectivity index is 1.86. The minimum Gasteiger partial charge on any atom is -0.373 e. The third kappa shape index (κ3) is 8.92. The number of rotatable bonds is 9. The van der Waals surface area contributed by atoms with Crippen LogP contribution in [-0.2, 0) is 4.74 Å². The van der Waals surface area contributed by atoms with Crippen LogP contribution in [0.3, 0.4) is 0 Å². The minimum absolute atomic E-state index is 0.0435. The Bertz CT molecular complexity index is 649. The molecule has 170 valence electrons. The molecule has 2 unspecified atom stereocenters. The van der Waals surface area contributed by atoms with E-state index in [1.54, 1.807) is 0 Å². The van der Waals surface area contributed by atoms with Gasteiger partial charge in [-0.25, -0.2) is 0 Å². The first-order valence-corrected chi connectivity index (χ1v) is 10.7. The molecule has 8 heteroatoms. The summed E-state index contributed by atoms with van der Waals surface area (Å²) in [5.41, 5.74) is 2.41. The van der Waals surface area contributed by atoms with Gasteiger partial charge in [-0.05, 0) is 52.3 Å². The van der Waals surface area contributed by atoms with Crippen LogP contribution < -0.4 is 10.6 Å². The highest BCUT2D eigenvalue weighted by Gasteiger charge is 2.29. The summed E-state index contributed by atoms with van der Waals surface area (Å²) in [4.78, 5) is 6.02. The number of benzene rings is 1. The van der Waals surface area contributed by atoms with Crippen LogP contribution in [0.2, 0.25) is 0 Å². The Morgan fingerprint density at radius 2 is 1.97 bits per heavy atom. The standard InChI is InChI=1S/C22H35F3N4O/c1-4-26-21(27-12-6-13-29(3)16-22(23,24)25)28-15-19-7-5-14-30-20(19)18-10-8-17(2)9-11-18/h8-11,19-20H,4-7,12-16H2,1-3H3,(H2,26,27,28). The number of hydrogen-bond donors (Lipinski definition) is 2. The highest BCUT2D eigenvalue weighted by Crippen LogP contribution is 2.33. The molecule has 0 bridgehead atoms. The molecular weight excluding hydrogens is 393 g/mol. The van der Waals surface area contributed by atoms with Crippen molar-refractivity contribution in [2.75, 3.05) is 46.4 Å². The second-order valence-electron chi connectivity index (χ2n) is 7.96. The molecule has 1 aromatic carbocycles. The van der Waals surface area contributed by atoms with Crippen molar-refractivity contribution in [2.45, 2.75) is 45.4 Å². The molecule has 1 aromatic rings. The van der Waals surface area contributed by atoms with Crippen LogP contribution in [0.4, 0.5) is 13.2 Å². The first kappa shape index (κ1) is 24.5. The van der Waals surface area contributed by atoms with Crippen molar-refractivity contribution in [1.29, 1.82) is 0 Å². The van der Waals surface area contributed by atoms with Gasteiger partial charge in [-0.3, -0.25) is 9.89 Å². The molecule has 0 radical (unpaired) electrons. The van der Waals surface area contributed by atoms with E-state index in [4.69, 9.17) is 9.73 Å². The molecule has 30 heavy (non-hydrogen) atoms. The SMILES string of the molecule is CCNC(=NCC1CCCOC1c1ccc(C)cc1)NCCCN(C)CC(F)(F)F. The fourth-order valence-corrected chi connectivity index (χ4v) is 3.65. The molecule has 0 saturated carbocycles. The van der Waals surface area contributed by atoms with Crippen LogP contribution in [0, 0.1) is 12.8 Å². The van der Waals surface area contributed by atoms with E-state index < -0.39 is 12.7 Å². The maximum Gasteiger partial charge on any atom is 0.401 e. The second-order valence-corrected chi connectivity index (χ2v) is 7.96. The summed E-state index contributed by atoms with van der Waals surface area (Å²) in [5.74, 6) is 0.999. The number of ether oxygens (including phenoxy) is 1. The zero-order valence-electron chi connectivity index (χ0n) is 18.3. The predicted octanol–water partition coefficient (Wildman–Crippen LogP) is 3.90. The fraction of sp³-hybridized carbons (Fsp3) is 0.682. The Morgan fingerprint density at radius 1 is 1.23 bits per heavy atom. The average molecular weight is 429 g/mol. The van der Waals surface area contributed by atoms with E-state index in [0.29, 0.717) is 37.9 Å². The topological polar surface area (TPSA) is 48.9 Å². The summed E-state index contributed by atoms with van der Waals surface area (Å²) in [6, 6.07) is 8.47. The predicted molar refractivity (Wildman–Crippen MR) is 115 cm³/mol. The number of hydrogen-bond acceptors (Lipinski definition) is 3. The van der Waals surface area contributed by atoms with Gasteiger partial charge in [-0.2, -0.15) is 13.2 Å². The first-order valence-electron chi connectivity index (χ1n) is 10.7. The molecule has 0 aliphatic carbocycles. The van der Waals surface area contributed by atoms with E-state index in [0.717, 1.165) is 26.0 Å². The van der Waals surface area contributed by atoms with E-state index in [9.17, 15) is 13.2 Å². The van der Waals surface area contributed by atoms with Gasteiger partial charge in [0.15, 0.2) is 5.96 Å². The number of guanidine groups is 1. The van der Waals surface area contributed by atoms with Crippen LogP contribution in [0.1, 0.15) is 43.4 Å². The lowest BCUT2D eigenvalue weighted by Gasteiger charge is -2.31. The van der Waals surface area contributed by atoms with Gasteiger partial charge < -0.3 is 15.4 Å². The molecule has 2 atom stereocenters. The van der Waals surface area contributed by atoms with Gasteiger partial charge >= 0.3 is 6.18 Å². The number of nitrogens with one attached hydrogen (secondary N) is 2. The van der Waals surface area contributed by atoms with Crippen molar-refractivity contribution in [3.8, 4) is 0 Å². The summed E-state index contributed by atoms with van der Waals surface area (Å²) in [6.45, 7) is 6.25. The Morgan fingerprint density at radius 3 is 2.63 bits per heavy atom. The van der Waals surface area contributed by atoms with Crippen molar-refractivity contribution >= 4 is 5.96 Å². The van der Waals surface area contributed by atoms with E-state index in [1.807, 2.05) is 6.92 Å². The summed E-state index contributed by atoms with van der Waals surface area (Å²) >= 11 is 0. The molecular formula is C22H35F3N4O. The van der Waals surface area contributed by atoms with Crippen LogP contribution in [0.5, 0.6) is 0 Å². The van der Waals surface area contributed by atoms with Crippen molar-refractivity contribution in [3.63, 3.8) is 0 Å². The molecule has 2 rings (SSSR count). The molecule has 0 amide bonds. The van der Waals surface area contributed by atoms with Crippen LogP contribution in [0.25, 0.3) is 0 Å². The summed E-state index contributed by atoms with van der Waals surface area (Å²) in [7, 11) is 1.49. The largest absolute Gasteiger partial charge is 0.401 e. The maximum atomic E-state index is 12.4. The fourth-order valence-electron chi connectivity index (χ4n) is 3.65. The number of halogens is 3. The van der Waals surface area contributed by atoms with Crippen molar-refractivity contribution in [2.24, 2.45) is 10.9 Å². The molecule has 5 nitrogen and oxygen atoms in total. The molecule has 0 aromatic heterocycles. The quantitative estimate of drug-likeness (QED) is 0.356. The van der Waals surface area contributed by atoms with Crippen LogP contribution in [0.15, 0.2) is 29.3 Å². The number of nitrogens with zero attached hydrogens (tertiary/aromatic N) is 2. The van der Waals surface area contributed by atoms with E-state index >= 15 is 0 Å². The average Bonchev–Trinajstić information content (AvgIpc) is 2.69. The maximum absolute atomic E-state index is 12.4. The Hall–Kier alpha value is -1.80. The third-order valence-electron chi connectivity index (χ3n) is 5.14. The highest BCUT2D eigenvalue weighted by molar-refractivity contribution is 5.79. The third-order valence-corrected chi connectivity index (χ3v) is 5.14.